The molecule has 0 radical (unpaired) electrons. The van der Waals surface area contributed by atoms with Crippen molar-refractivity contribution in [2.24, 2.45) is 0 Å². The lowest BCUT2D eigenvalue weighted by atomic mass is 10.1. The molecule has 0 fully saturated rings. The first-order valence-electron chi connectivity index (χ1n) is 7.91. The maximum atomic E-state index is 13.9. The number of rotatable bonds is 7. The highest BCUT2D eigenvalue weighted by atomic mass is 32.2. The third-order valence-electron chi connectivity index (χ3n) is 3.45. The van der Waals surface area contributed by atoms with Crippen molar-refractivity contribution in [1.29, 1.82) is 0 Å². The van der Waals surface area contributed by atoms with E-state index in [1.165, 1.54) is 12.1 Å². The maximum absolute atomic E-state index is 13.9. The largest absolute Gasteiger partial charge is 0.353 e. The van der Waals surface area contributed by atoms with E-state index in [1.807, 2.05) is 6.07 Å². The first-order chi connectivity index (χ1) is 11.8. The van der Waals surface area contributed by atoms with Gasteiger partial charge in [-0.15, -0.1) is 0 Å². The predicted octanol–water partition coefficient (Wildman–Crippen LogP) is 2.24. The molecule has 2 aromatic carbocycles. The summed E-state index contributed by atoms with van der Waals surface area (Å²) < 4.78 is 41.2. The third kappa shape index (κ3) is 5.37. The lowest BCUT2D eigenvalue weighted by Crippen LogP contribution is -2.49. The molecule has 0 spiro atoms. The Bertz CT molecular complexity index is 823. The Labute approximate surface area is 147 Å². The topological polar surface area (TPSA) is 75.3 Å². The van der Waals surface area contributed by atoms with E-state index < -0.39 is 32.7 Å². The van der Waals surface area contributed by atoms with Crippen LogP contribution in [0.2, 0.25) is 0 Å². The maximum Gasteiger partial charge on any atom is 0.244 e. The van der Waals surface area contributed by atoms with Gasteiger partial charge in [0, 0.05) is 6.04 Å². The molecule has 0 saturated carbocycles. The average molecular weight is 364 g/mol. The fourth-order valence-corrected chi connectivity index (χ4v) is 3.61. The molecule has 1 unspecified atom stereocenters. The molecule has 0 aromatic heterocycles. The number of hydrogen-bond acceptors (Lipinski definition) is 3. The summed E-state index contributed by atoms with van der Waals surface area (Å²) in [6, 6.07) is 12.9. The SMILES string of the molecule is CC(C)NC(=O)C(Cc1ccccc1)NS(=O)(=O)c1ccccc1F. The normalized spacial score (nSPS) is 12.8. The van der Waals surface area contributed by atoms with Crippen LogP contribution in [0.3, 0.4) is 0 Å². The number of carbonyl (C=O) groups is 1. The van der Waals surface area contributed by atoms with E-state index in [0.29, 0.717) is 0 Å². The monoisotopic (exact) mass is 364 g/mol. The lowest BCUT2D eigenvalue weighted by Gasteiger charge is -2.20. The molecule has 0 saturated heterocycles. The molecule has 1 amide bonds. The van der Waals surface area contributed by atoms with Gasteiger partial charge >= 0.3 is 0 Å². The molecule has 0 aliphatic carbocycles. The van der Waals surface area contributed by atoms with Crippen LogP contribution in [0, 0.1) is 5.82 Å². The molecule has 2 rings (SSSR count). The highest BCUT2D eigenvalue weighted by molar-refractivity contribution is 7.89. The van der Waals surface area contributed by atoms with Crippen molar-refractivity contribution < 1.29 is 17.6 Å². The molecular weight excluding hydrogens is 343 g/mol. The van der Waals surface area contributed by atoms with Crippen molar-refractivity contribution in [3.63, 3.8) is 0 Å². The average Bonchev–Trinajstić information content (AvgIpc) is 2.54. The van der Waals surface area contributed by atoms with E-state index >= 15 is 0 Å². The zero-order valence-corrected chi connectivity index (χ0v) is 14.9. The Balaban J connectivity index is 2.29. The van der Waals surface area contributed by atoms with E-state index in [9.17, 15) is 17.6 Å². The van der Waals surface area contributed by atoms with E-state index in [2.05, 4.69) is 10.0 Å². The van der Waals surface area contributed by atoms with Crippen molar-refractivity contribution in [3.8, 4) is 0 Å². The van der Waals surface area contributed by atoms with Gasteiger partial charge in [0.15, 0.2) is 0 Å². The Morgan fingerprint density at radius 2 is 1.64 bits per heavy atom. The van der Waals surface area contributed by atoms with Gasteiger partial charge < -0.3 is 5.32 Å². The molecule has 2 N–H and O–H groups in total. The number of hydrogen-bond donors (Lipinski definition) is 2. The smallest absolute Gasteiger partial charge is 0.244 e. The summed E-state index contributed by atoms with van der Waals surface area (Å²) in [4.78, 5) is 11.9. The van der Waals surface area contributed by atoms with Crippen LogP contribution in [0.5, 0.6) is 0 Å². The van der Waals surface area contributed by atoms with Crippen LogP contribution < -0.4 is 10.0 Å². The zero-order valence-electron chi connectivity index (χ0n) is 14.1. The minimum atomic E-state index is -4.18. The summed E-state index contributed by atoms with van der Waals surface area (Å²) >= 11 is 0. The molecule has 0 heterocycles. The van der Waals surface area contributed by atoms with Gasteiger partial charge in [-0.1, -0.05) is 42.5 Å². The second kappa shape index (κ2) is 8.22. The van der Waals surface area contributed by atoms with Crippen LogP contribution in [0.4, 0.5) is 4.39 Å². The first-order valence-corrected chi connectivity index (χ1v) is 9.39. The van der Waals surface area contributed by atoms with Crippen molar-refractivity contribution in [2.75, 3.05) is 0 Å². The van der Waals surface area contributed by atoms with Gasteiger partial charge in [-0.2, -0.15) is 4.72 Å². The predicted molar refractivity (Wildman–Crippen MR) is 93.9 cm³/mol. The van der Waals surface area contributed by atoms with Crippen LogP contribution in [0.1, 0.15) is 19.4 Å². The summed E-state index contributed by atoms with van der Waals surface area (Å²) in [6.45, 7) is 3.56. The number of halogens is 1. The summed E-state index contributed by atoms with van der Waals surface area (Å²) in [6.07, 6.45) is 0.160. The van der Waals surface area contributed by atoms with E-state index in [4.69, 9.17) is 0 Å². The highest BCUT2D eigenvalue weighted by Gasteiger charge is 2.28. The summed E-state index contributed by atoms with van der Waals surface area (Å²) in [5.41, 5.74) is 0.794. The first kappa shape index (κ1) is 19.1. The van der Waals surface area contributed by atoms with Gasteiger partial charge in [0.25, 0.3) is 0 Å². The van der Waals surface area contributed by atoms with E-state index in [0.717, 1.165) is 17.7 Å². The fourth-order valence-electron chi connectivity index (χ4n) is 2.34. The van der Waals surface area contributed by atoms with E-state index in [1.54, 1.807) is 38.1 Å². The Kier molecular flexibility index (Phi) is 6.27. The van der Waals surface area contributed by atoms with Crippen LogP contribution in [0.25, 0.3) is 0 Å². The van der Waals surface area contributed by atoms with Crippen molar-refractivity contribution in [3.05, 3.63) is 66.0 Å². The van der Waals surface area contributed by atoms with Gasteiger partial charge in [0.05, 0.1) is 0 Å². The van der Waals surface area contributed by atoms with E-state index in [-0.39, 0.29) is 12.5 Å². The Morgan fingerprint density at radius 1 is 1.04 bits per heavy atom. The number of sulfonamides is 1. The van der Waals surface area contributed by atoms with Crippen LogP contribution in [0.15, 0.2) is 59.5 Å². The van der Waals surface area contributed by atoms with Crippen LogP contribution in [-0.2, 0) is 21.2 Å². The van der Waals surface area contributed by atoms with Gasteiger partial charge in [-0.25, -0.2) is 12.8 Å². The van der Waals surface area contributed by atoms with Gasteiger partial charge in [0.1, 0.15) is 16.8 Å². The molecule has 0 aliphatic heterocycles. The molecule has 1 atom stereocenters. The van der Waals surface area contributed by atoms with Crippen molar-refractivity contribution >= 4 is 15.9 Å². The molecule has 7 heteroatoms. The molecule has 0 aliphatic rings. The molecule has 2 aromatic rings. The summed E-state index contributed by atoms with van der Waals surface area (Å²) in [7, 11) is -4.18. The zero-order chi connectivity index (χ0) is 18.4. The Hall–Kier alpha value is -2.25. The third-order valence-corrected chi connectivity index (χ3v) is 4.96. The number of amides is 1. The molecule has 134 valence electrons. The standard InChI is InChI=1S/C18H21FN2O3S/c1-13(2)20-18(22)16(12-14-8-4-3-5-9-14)21-25(23,24)17-11-7-6-10-15(17)19/h3-11,13,16,21H,12H2,1-2H3,(H,20,22). The van der Waals surface area contributed by atoms with Crippen LogP contribution in [-0.4, -0.2) is 26.4 Å². The van der Waals surface area contributed by atoms with Gasteiger partial charge in [-0.3, -0.25) is 4.79 Å². The minimum Gasteiger partial charge on any atom is -0.353 e. The fraction of sp³-hybridized carbons (Fsp3) is 0.278. The molecule has 0 bridgehead atoms. The minimum absolute atomic E-state index is 0.149. The van der Waals surface area contributed by atoms with Crippen molar-refractivity contribution in [1.82, 2.24) is 10.0 Å². The van der Waals surface area contributed by atoms with Gasteiger partial charge in [-0.05, 0) is 38.0 Å². The number of carbonyl (C=O) groups excluding carboxylic acids is 1. The second-order valence-corrected chi connectivity index (χ2v) is 7.64. The number of nitrogens with one attached hydrogen (secondary N) is 2. The van der Waals surface area contributed by atoms with Crippen molar-refractivity contribution in [2.45, 2.75) is 37.2 Å². The lowest BCUT2D eigenvalue weighted by molar-refractivity contribution is -0.123. The Morgan fingerprint density at radius 3 is 2.24 bits per heavy atom. The quantitative estimate of drug-likeness (QED) is 0.791. The second-order valence-electron chi connectivity index (χ2n) is 5.96. The molecular formula is C18H21FN2O3S. The van der Waals surface area contributed by atoms with Crippen LogP contribution >= 0.6 is 0 Å². The number of benzene rings is 2. The summed E-state index contributed by atoms with van der Waals surface area (Å²) in [5.74, 6) is -1.32. The molecule has 25 heavy (non-hydrogen) atoms. The highest BCUT2D eigenvalue weighted by Crippen LogP contribution is 2.15. The summed E-state index contributed by atoms with van der Waals surface area (Å²) in [5, 5.41) is 2.69. The van der Waals surface area contributed by atoms with Gasteiger partial charge in [0.2, 0.25) is 15.9 Å². The molecule has 5 nitrogen and oxygen atoms in total.